The summed E-state index contributed by atoms with van der Waals surface area (Å²) in [6.07, 6.45) is 0. The van der Waals surface area contributed by atoms with Crippen LogP contribution in [0.1, 0.15) is 0 Å². The van der Waals surface area contributed by atoms with Crippen LogP contribution in [0.15, 0.2) is 158 Å². The second kappa shape index (κ2) is 9.22. The Kier molecular flexibility index (Phi) is 5.24. The number of hydrogen-bond acceptors (Lipinski definition) is 0. The van der Waals surface area contributed by atoms with Crippen molar-refractivity contribution in [2.45, 2.75) is 0 Å². The highest BCUT2D eigenvalue weighted by molar-refractivity contribution is 6.18. The lowest BCUT2D eigenvalue weighted by molar-refractivity contribution is 1.57. The Morgan fingerprint density at radius 2 is 0.650 bits per heavy atom. The molecule has 7 aromatic carbocycles. The normalized spacial score (nSPS) is 11.5. The third-order valence-corrected chi connectivity index (χ3v) is 8.24. The maximum absolute atomic E-state index is 2.34. The molecule has 0 fully saturated rings. The molecule has 40 heavy (non-hydrogen) atoms. The Balaban J connectivity index is 1.17. The topological polar surface area (TPSA) is 0 Å². The summed E-state index contributed by atoms with van der Waals surface area (Å²) in [5.41, 5.74) is 15.3. The maximum atomic E-state index is 2.34. The van der Waals surface area contributed by atoms with E-state index >= 15 is 0 Å². The standard InChI is InChI=1S/C40H26/c1-2-9-27(10-3-1)28-19-21-29(22-20-28)30-11-6-12-31(25-30)32-13-7-14-33(26-32)34-23-24-39-36-16-5-4-15-35(36)38-18-8-17-37(34)40(38)39/h1-26H. The van der Waals surface area contributed by atoms with Crippen molar-refractivity contribution in [2.24, 2.45) is 0 Å². The molecular weight excluding hydrogens is 480 g/mol. The van der Waals surface area contributed by atoms with Gasteiger partial charge in [-0.1, -0.05) is 146 Å². The molecule has 0 N–H and O–H groups in total. The van der Waals surface area contributed by atoms with Gasteiger partial charge in [-0.3, -0.25) is 0 Å². The molecule has 0 heteroatoms. The van der Waals surface area contributed by atoms with Gasteiger partial charge >= 0.3 is 0 Å². The lowest BCUT2D eigenvalue weighted by Gasteiger charge is -2.12. The fourth-order valence-electron chi connectivity index (χ4n) is 6.29. The number of rotatable bonds is 4. The first-order valence-electron chi connectivity index (χ1n) is 13.9. The van der Waals surface area contributed by atoms with E-state index in [4.69, 9.17) is 0 Å². The third kappa shape index (κ3) is 3.69. The molecule has 186 valence electrons. The summed E-state index contributed by atoms with van der Waals surface area (Å²) < 4.78 is 0. The van der Waals surface area contributed by atoms with Crippen molar-refractivity contribution in [1.82, 2.24) is 0 Å². The average molecular weight is 507 g/mol. The predicted molar refractivity (Wildman–Crippen MR) is 170 cm³/mol. The van der Waals surface area contributed by atoms with Gasteiger partial charge in [-0.15, -0.1) is 0 Å². The highest BCUT2D eigenvalue weighted by atomic mass is 14.2. The molecular formula is C40H26. The summed E-state index contributed by atoms with van der Waals surface area (Å²) in [4.78, 5) is 0. The van der Waals surface area contributed by atoms with Crippen molar-refractivity contribution in [3.8, 4) is 66.8 Å². The van der Waals surface area contributed by atoms with Crippen molar-refractivity contribution in [3.05, 3.63) is 158 Å². The van der Waals surface area contributed by atoms with E-state index in [1.54, 1.807) is 0 Å². The van der Waals surface area contributed by atoms with Crippen LogP contribution < -0.4 is 0 Å². The van der Waals surface area contributed by atoms with E-state index in [9.17, 15) is 0 Å². The quantitative estimate of drug-likeness (QED) is 0.223. The summed E-state index contributed by atoms with van der Waals surface area (Å²) in [6, 6.07) is 57.4. The van der Waals surface area contributed by atoms with Crippen LogP contribution in [-0.4, -0.2) is 0 Å². The molecule has 0 spiro atoms. The zero-order valence-electron chi connectivity index (χ0n) is 22.0. The van der Waals surface area contributed by atoms with E-state index in [1.165, 1.54) is 77.5 Å². The third-order valence-electron chi connectivity index (χ3n) is 8.24. The molecule has 0 saturated heterocycles. The molecule has 0 amide bonds. The Labute approximate surface area is 234 Å². The minimum atomic E-state index is 1.23. The maximum Gasteiger partial charge on any atom is -0.00201 e. The summed E-state index contributed by atoms with van der Waals surface area (Å²) >= 11 is 0. The van der Waals surface area contributed by atoms with Gasteiger partial charge in [0.1, 0.15) is 0 Å². The zero-order valence-corrected chi connectivity index (χ0v) is 22.0. The summed E-state index contributed by atoms with van der Waals surface area (Å²) in [5.74, 6) is 0. The molecule has 0 unspecified atom stereocenters. The predicted octanol–water partition coefficient (Wildman–Crippen LogP) is 11.2. The lowest BCUT2D eigenvalue weighted by Crippen LogP contribution is -1.86. The largest absolute Gasteiger partial charge is 0.0622 e. The first kappa shape index (κ1) is 22.8. The number of benzene rings is 7. The van der Waals surface area contributed by atoms with Crippen LogP contribution in [0.3, 0.4) is 0 Å². The van der Waals surface area contributed by atoms with E-state index in [0.717, 1.165) is 0 Å². The van der Waals surface area contributed by atoms with E-state index < -0.39 is 0 Å². The Bertz CT molecular complexity index is 2000. The van der Waals surface area contributed by atoms with Crippen LogP contribution >= 0.6 is 0 Å². The van der Waals surface area contributed by atoms with Crippen molar-refractivity contribution in [2.75, 3.05) is 0 Å². The highest BCUT2D eigenvalue weighted by Gasteiger charge is 2.22. The second-order valence-electron chi connectivity index (χ2n) is 10.5. The van der Waals surface area contributed by atoms with E-state index in [1.807, 2.05) is 0 Å². The van der Waals surface area contributed by atoms with E-state index in [-0.39, 0.29) is 0 Å². The van der Waals surface area contributed by atoms with Crippen LogP contribution in [0.25, 0.3) is 77.5 Å². The summed E-state index contributed by atoms with van der Waals surface area (Å²) in [6.45, 7) is 0. The lowest BCUT2D eigenvalue weighted by atomic mass is 9.92. The minimum absolute atomic E-state index is 1.23. The van der Waals surface area contributed by atoms with Crippen LogP contribution in [0.5, 0.6) is 0 Å². The smallest absolute Gasteiger partial charge is 0.00201 e. The van der Waals surface area contributed by atoms with Crippen molar-refractivity contribution in [3.63, 3.8) is 0 Å². The SMILES string of the molecule is c1ccc(-c2ccc(-c3cccc(-c4cccc(-c5ccc6c7c(cccc57)-c5ccccc5-6)c4)c3)cc2)cc1. The van der Waals surface area contributed by atoms with Gasteiger partial charge in [-0.05, 0) is 89.7 Å². The summed E-state index contributed by atoms with van der Waals surface area (Å²) in [5, 5.41) is 2.68. The van der Waals surface area contributed by atoms with Gasteiger partial charge in [0.25, 0.3) is 0 Å². The summed E-state index contributed by atoms with van der Waals surface area (Å²) in [7, 11) is 0. The van der Waals surface area contributed by atoms with Gasteiger partial charge in [0, 0.05) is 0 Å². The molecule has 8 rings (SSSR count). The molecule has 1 aliphatic rings. The molecule has 0 radical (unpaired) electrons. The molecule has 0 aromatic heterocycles. The van der Waals surface area contributed by atoms with Crippen molar-refractivity contribution < 1.29 is 0 Å². The monoisotopic (exact) mass is 506 g/mol. The molecule has 0 heterocycles. The Morgan fingerprint density at radius 3 is 1.35 bits per heavy atom. The van der Waals surface area contributed by atoms with Gasteiger partial charge in [0.15, 0.2) is 0 Å². The van der Waals surface area contributed by atoms with Gasteiger partial charge in [-0.2, -0.15) is 0 Å². The van der Waals surface area contributed by atoms with Crippen molar-refractivity contribution in [1.29, 1.82) is 0 Å². The molecule has 7 aromatic rings. The van der Waals surface area contributed by atoms with Gasteiger partial charge < -0.3 is 0 Å². The Hall–Kier alpha value is -5.20. The fraction of sp³-hybridized carbons (Fsp3) is 0. The molecule has 0 atom stereocenters. The van der Waals surface area contributed by atoms with Crippen LogP contribution in [0.4, 0.5) is 0 Å². The first-order chi connectivity index (χ1) is 19.8. The number of hydrogen-bond donors (Lipinski definition) is 0. The average Bonchev–Trinajstić information content (AvgIpc) is 3.37. The molecule has 0 nitrogen and oxygen atoms in total. The molecule has 1 aliphatic carbocycles. The van der Waals surface area contributed by atoms with Crippen LogP contribution in [0, 0.1) is 0 Å². The minimum Gasteiger partial charge on any atom is -0.0622 e. The molecule has 0 saturated carbocycles. The fourth-order valence-corrected chi connectivity index (χ4v) is 6.29. The van der Waals surface area contributed by atoms with Crippen LogP contribution in [-0.2, 0) is 0 Å². The molecule has 0 aliphatic heterocycles. The second-order valence-corrected chi connectivity index (χ2v) is 10.5. The first-order valence-corrected chi connectivity index (χ1v) is 13.9. The van der Waals surface area contributed by atoms with Crippen LogP contribution in [0.2, 0.25) is 0 Å². The zero-order chi connectivity index (χ0) is 26.5. The van der Waals surface area contributed by atoms with Gasteiger partial charge in [0.2, 0.25) is 0 Å². The van der Waals surface area contributed by atoms with E-state index in [2.05, 4.69) is 158 Å². The molecule has 0 bridgehead atoms. The Morgan fingerprint density at radius 1 is 0.225 bits per heavy atom. The highest BCUT2D eigenvalue weighted by Crippen LogP contribution is 2.49. The van der Waals surface area contributed by atoms with Gasteiger partial charge in [0.05, 0.1) is 0 Å². The number of fused-ring (bicyclic) bond motifs is 3. The van der Waals surface area contributed by atoms with Crippen molar-refractivity contribution >= 4 is 10.8 Å². The van der Waals surface area contributed by atoms with E-state index in [0.29, 0.717) is 0 Å². The van der Waals surface area contributed by atoms with Gasteiger partial charge in [-0.25, -0.2) is 0 Å².